The van der Waals surface area contributed by atoms with Gasteiger partial charge in [-0.1, -0.05) is 0 Å². The van der Waals surface area contributed by atoms with Gasteiger partial charge in [0.25, 0.3) is 6.43 Å². The fourth-order valence-corrected chi connectivity index (χ4v) is 1.85. The topological polar surface area (TPSA) is 50.2 Å². The molecule has 0 aliphatic rings. The van der Waals surface area contributed by atoms with Gasteiger partial charge in [-0.3, -0.25) is 4.79 Å². The van der Waals surface area contributed by atoms with Crippen LogP contribution in [0.1, 0.15) is 23.4 Å². The normalized spacial score (nSPS) is 11.9. The Hall–Kier alpha value is -1.00. The molecule has 0 bridgehead atoms. The average Bonchev–Trinajstić information content (AvgIpc) is 2.17. The summed E-state index contributed by atoms with van der Waals surface area (Å²) in [6, 6.07) is 0.610. The van der Waals surface area contributed by atoms with Gasteiger partial charge >= 0.3 is 12.1 Å². The van der Waals surface area contributed by atoms with Crippen LogP contribution in [-0.4, -0.2) is 16.1 Å². The summed E-state index contributed by atoms with van der Waals surface area (Å²) in [4.78, 5) is 13.4. The number of rotatable bonds is 3. The summed E-state index contributed by atoms with van der Waals surface area (Å²) in [5, 5.41) is 8.49. The van der Waals surface area contributed by atoms with E-state index in [4.69, 9.17) is 5.11 Å². The Kier molecular flexibility index (Phi) is 4.46. The van der Waals surface area contributed by atoms with Crippen LogP contribution in [0.25, 0.3) is 0 Å². The van der Waals surface area contributed by atoms with Crippen molar-refractivity contribution in [2.24, 2.45) is 0 Å². The summed E-state index contributed by atoms with van der Waals surface area (Å²) in [7, 11) is 0. The number of carboxylic acid groups (broad SMARTS) is 1. The van der Waals surface area contributed by atoms with Crippen LogP contribution in [0.15, 0.2) is 6.07 Å². The summed E-state index contributed by atoms with van der Waals surface area (Å²) < 4.78 is 62.4. The van der Waals surface area contributed by atoms with E-state index in [9.17, 15) is 26.7 Å². The molecular weight excluding hydrogens is 376 g/mol. The third kappa shape index (κ3) is 3.50. The quantitative estimate of drug-likeness (QED) is 0.646. The SMILES string of the molecule is O=C(O)Cc1nc(C(F)(F)F)c(C(F)F)cc1I. The van der Waals surface area contributed by atoms with E-state index in [0.717, 1.165) is 0 Å². The van der Waals surface area contributed by atoms with Gasteiger partial charge in [-0.05, 0) is 28.7 Å². The van der Waals surface area contributed by atoms with E-state index >= 15 is 0 Å². The van der Waals surface area contributed by atoms with Crippen molar-refractivity contribution in [2.45, 2.75) is 19.0 Å². The number of hydrogen-bond acceptors (Lipinski definition) is 2. The van der Waals surface area contributed by atoms with E-state index in [-0.39, 0.29) is 9.26 Å². The number of carboxylic acids is 1. The van der Waals surface area contributed by atoms with Crippen LogP contribution in [-0.2, 0) is 17.4 Å². The largest absolute Gasteiger partial charge is 0.481 e. The number of alkyl halides is 5. The van der Waals surface area contributed by atoms with Crippen LogP contribution in [0.5, 0.6) is 0 Å². The van der Waals surface area contributed by atoms with Crippen LogP contribution in [0.3, 0.4) is 0 Å². The standard InChI is InChI=1S/C9H5F5INO2/c10-8(11)3-1-4(15)5(2-6(17)18)16-7(3)9(12,13)14/h1,8H,2H2,(H,17,18). The molecule has 3 nitrogen and oxygen atoms in total. The molecule has 0 radical (unpaired) electrons. The molecule has 0 atom stereocenters. The lowest BCUT2D eigenvalue weighted by Crippen LogP contribution is -2.16. The highest BCUT2D eigenvalue weighted by Crippen LogP contribution is 2.36. The van der Waals surface area contributed by atoms with Gasteiger partial charge < -0.3 is 5.11 Å². The number of aromatic nitrogens is 1. The van der Waals surface area contributed by atoms with Crippen molar-refractivity contribution in [1.29, 1.82) is 0 Å². The van der Waals surface area contributed by atoms with Gasteiger partial charge in [0.2, 0.25) is 0 Å². The molecule has 0 amide bonds. The van der Waals surface area contributed by atoms with Crippen molar-refractivity contribution in [1.82, 2.24) is 4.98 Å². The first-order valence-electron chi connectivity index (χ1n) is 4.39. The first-order valence-corrected chi connectivity index (χ1v) is 5.47. The lowest BCUT2D eigenvalue weighted by atomic mass is 10.1. The van der Waals surface area contributed by atoms with E-state index in [2.05, 4.69) is 4.98 Å². The van der Waals surface area contributed by atoms with E-state index in [0.29, 0.717) is 6.07 Å². The molecule has 0 spiro atoms. The van der Waals surface area contributed by atoms with Gasteiger partial charge in [0.15, 0.2) is 5.69 Å². The maximum Gasteiger partial charge on any atom is 0.433 e. The molecule has 1 heterocycles. The van der Waals surface area contributed by atoms with Crippen molar-refractivity contribution in [3.05, 3.63) is 26.6 Å². The molecule has 0 aliphatic heterocycles. The second-order valence-electron chi connectivity index (χ2n) is 3.22. The Balaban J connectivity index is 3.40. The summed E-state index contributed by atoms with van der Waals surface area (Å²) in [5.74, 6) is -1.39. The third-order valence-electron chi connectivity index (χ3n) is 1.90. The number of nitrogens with zero attached hydrogens (tertiary/aromatic N) is 1. The first kappa shape index (κ1) is 15.1. The molecule has 9 heteroatoms. The zero-order valence-electron chi connectivity index (χ0n) is 8.43. The van der Waals surface area contributed by atoms with Gasteiger partial charge in [0.1, 0.15) is 0 Å². The summed E-state index contributed by atoms with van der Waals surface area (Å²) >= 11 is 1.47. The fourth-order valence-electron chi connectivity index (χ4n) is 1.20. The Morgan fingerprint density at radius 2 is 2.00 bits per heavy atom. The minimum Gasteiger partial charge on any atom is -0.481 e. The summed E-state index contributed by atoms with van der Waals surface area (Å²) in [6.45, 7) is 0. The minimum absolute atomic E-state index is 0.0432. The number of pyridine rings is 1. The molecule has 18 heavy (non-hydrogen) atoms. The lowest BCUT2D eigenvalue weighted by Gasteiger charge is -2.13. The summed E-state index contributed by atoms with van der Waals surface area (Å²) in [5.41, 5.74) is -3.38. The molecule has 100 valence electrons. The number of carbonyl (C=O) groups is 1. The smallest absolute Gasteiger partial charge is 0.433 e. The second kappa shape index (κ2) is 5.33. The van der Waals surface area contributed by atoms with E-state index < -0.39 is 36.2 Å². The van der Waals surface area contributed by atoms with Crippen LogP contribution < -0.4 is 0 Å². The third-order valence-corrected chi connectivity index (χ3v) is 2.83. The molecule has 1 aromatic rings. The molecule has 0 aliphatic carbocycles. The molecule has 0 aromatic carbocycles. The Morgan fingerprint density at radius 1 is 1.44 bits per heavy atom. The molecule has 1 rings (SSSR count). The average molecular weight is 381 g/mol. The molecular formula is C9H5F5INO2. The minimum atomic E-state index is -5.05. The molecule has 0 fully saturated rings. The van der Waals surface area contributed by atoms with E-state index in [1.165, 1.54) is 22.6 Å². The number of aliphatic carboxylic acids is 1. The van der Waals surface area contributed by atoms with Crippen molar-refractivity contribution < 1.29 is 31.9 Å². The zero-order valence-corrected chi connectivity index (χ0v) is 10.6. The van der Waals surface area contributed by atoms with Crippen molar-refractivity contribution in [2.75, 3.05) is 0 Å². The summed E-state index contributed by atoms with van der Waals surface area (Å²) in [6.07, 6.45) is -9.14. The van der Waals surface area contributed by atoms with Crippen LogP contribution in [0, 0.1) is 3.57 Å². The van der Waals surface area contributed by atoms with Crippen LogP contribution in [0.4, 0.5) is 22.0 Å². The van der Waals surface area contributed by atoms with Crippen molar-refractivity contribution in [3.63, 3.8) is 0 Å². The molecule has 0 unspecified atom stereocenters. The van der Waals surface area contributed by atoms with Gasteiger partial charge in [0.05, 0.1) is 12.1 Å². The fraction of sp³-hybridized carbons (Fsp3) is 0.333. The van der Waals surface area contributed by atoms with Crippen LogP contribution >= 0.6 is 22.6 Å². The maximum atomic E-state index is 12.5. The van der Waals surface area contributed by atoms with E-state index in [1.807, 2.05) is 0 Å². The van der Waals surface area contributed by atoms with Crippen LogP contribution in [0.2, 0.25) is 0 Å². The Bertz CT molecular complexity index is 475. The van der Waals surface area contributed by atoms with E-state index in [1.54, 1.807) is 0 Å². The van der Waals surface area contributed by atoms with Gasteiger partial charge in [-0.25, -0.2) is 13.8 Å². The Labute approximate surface area is 111 Å². The predicted octanol–water partition coefficient (Wildman–Crippen LogP) is 3.27. The first-order chi connectivity index (χ1) is 8.12. The number of hydrogen-bond donors (Lipinski definition) is 1. The van der Waals surface area contributed by atoms with Gasteiger partial charge in [-0.15, -0.1) is 0 Å². The molecule has 0 saturated carbocycles. The Morgan fingerprint density at radius 3 is 2.39 bits per heavy atom. The molecule has 0 saturated heterocycles. The van der Waals surface area contributed by atoms with Gasteiger partial charge in [0, 0.05) is 9.13 Å². The maximum absolute atomic E-state index is 12.5. The highest BCUT2D eigenvalue weighted by atomic mass is 127. The second-order valence-corrected chi connectivity index (χ2v) is 4.39. The predicted molar refractivity (Wildman–Crippen MR) is 58.3 cm³/mol. The molecule has 1 N–H and O–H groups in total. The highest BCUT2D eigenvalue weighted by Gasteiger charge is 2.38. The monoisotopic (exact) mass is 381 g/mol. The van der Waals surface area contributed by atoms with Crippen molar-refractivity contribution >= 4 is 28.6 Å². The zero-order chi connectivity index (χ0) is 14.1. The number of halogens is 6. The molecule has 1 aromatic heterocycles. The highest BCUT2D eigenvalue weighted by molar-refractivity contribution is 14.1. The lowest BCUT2D eigenvalue weighted by molar-refractivity contribution is -0.144. The van der Waals surface area contributed by atoms with Crippen molar-refractivity contribution in [3.8, 4) is 0 Å². The van der Waals surface area contributed by atoms with Gasteiger partial charge in [-0.2, -0.15) is 13.2 Å².